The second-order valence-electron chi connectivity index (χ2n) is 6.99. The van der Waals surface area contributed by atoms with E-state index in [1.807, 2.05) is 0 Å². The van der Waals surface area contributed by atoms with Crippen LogP contribution in [0.3, 0.4) is 0 Å². The van der Waals surface area contributed by atoms with Gasteiger partial charge in [0.05, 0.1) is 12.0 Å². The number of hydrazine groups is 1. The Bertz CT molecular complexity index is 834. The van der Waals surface area contributed by atoms with Gasteiger partial charge in [0.2, 0.25) is 11.8 Å². The average Bonchev–Trinajstić information content (AvgIpc) is 3.41. The van der Waals surface area contributed by atoms with Crippen LogP contribution >= 0.6 is 0 Å². The van der Waals surface area contributed by atoms with Gasteiger partial charge in [-0.15, -0.1) is 0 Å². The number of carbonyl (C=O) groups excluding carboxylic acids is 2. The zero-order chi connectivity index (χ0) is 18.8. The van der Waals surface area contributed by atoms with E-state index in [1.165, 1.54) is 12.1 Å². The average molecular weight is 368 g/mol. The smallest absolute Gasteiger partial charge is 0.230 e. The van der Waals surface area contributed by atoms with Crippen molar-refractivity contribution in [2.45, 2.75) is 18.9 Å². The van der Waals surface area contributed by atoms with Crippen LogP contribution in [0.2, 0.25) is 0 Å². The van der Waals surface area contributed by atoms with Crippen LogP contribution in [-0.2, 0) is 9.59 Å². The van der Waals surface area contributed by atoms with Crippen molar-refractivity contribution in [2.75, 3.05) is 17.2 Å². The fraction of sp³-hybridized carbons (Fsp3) is 0.300. The van der Waals surface area contributed by atoms with Crippen LogP contribution in [0.1, 0.15) is 24.4 Å². The van der Waals surface area contributed by atoms with Gasteiger partial charge < -0.3 is 10.6 Å². The molecule has 1 saturated heterocycles. The molecule has 140 valence electrons. The predicted octanol–water partition coefficient (Wildman–Crippen LogP) is 2.58. The van der Waals surface area contributed by atoms with Gasteiger partial charge in [-0.25, -0.2) is 9.82 Å². The number of carbonyl (C=O) groups is 2. The van der Waals surface area contributed by atoms with Gasteiger partial charge in [-0.1, -0.05) is 12.1 Å². The summed E-state index contributed by atoms with van der Waals surface area (Å²) < 4.78 is 13.1. The molecule has 2 aromatic carbocycles. The molecule has 1 aliphatic carbocycles. The third kappa shape index (κ3) is 4.15. The Kier molecular flexibility index (Phi) is 4.87. The van der Waals surface area contributed by atoms with E-state index in [0.29, 0.717) is 12.2 Å². The molecule has 4 rings (SSSR count). The molecule has 2 unspecified atom stereocenters. The lowest BCUT2D eigenvalue weighted by atomic mass is 9.94. The summed E-state index contributed by atoms with van der Waals surface area (Å²) in [6.45, 7) is 0.476. The maximum absolute atomic E-state index is 13.1. The third-order valence-electron chi connectivity index (χ3n) is 4.92. The molecule has 0 bridgehead atoms. The number of hydrogen-bond acceptors (Lipinski definition) is 4. The highest BCUT2D eigenvalue weighted by Gasteiger charge is 2.34. The molecule has 0 radical (unpaired) electrons. The second kappa shape index (κ2) is 7.46. The van der Waals surface area contributed by atoms with Crippen LogP contribution in [-0.4, -0.2) is 18.4 Å². The summed E-state index contributed by atoms with van der Waals surface area (Å²) in [5, 5.41) is 5.78. The molecule has 0 spiro atoms. The van der Waals surface area contributed by atoms with Crippen molar-refractivity contribution in [3.8, 4) is 0 Å². The fourth-order valence-corrected chi connectivity index (χ4v) is 3.19. The third-order valence-corrected chi connectivity index (χ3v) is 4.92. The molecule has 2 aliphatic rings. The zero-order valence-electron chi connectivity index (χ0n) is 14.7. The summed E-state index contributed by atoms with van der Waals surface area (Å²) in [6, 6.07) is 13.0. The van der Waals surface area contributed by atoms with E-state index in [9.17, 15) is 14.0 Å². The van der Waals surface area contributed by atoms with Gasteiger partial charge in [0, 0.05) is 23.8 Å². The zero-order valence-corrected chi connectivity index (χ0v) is 14.7. The standard InChI is InChI=1S/C20H21FN4O2/c21-14-5-3-12(4-6-14)18-17(11-22-25-18)20(27)24-16-9-7-15(8-10-16)23-19(26)13-1-2-13/h3-10,13,17-18,22,25H,1-2,11H2,(H,23,26)(H,24,27). The van der Waals surface area contributed by atoms with E-state index in [2.05, 4.69) is 21.5 Å². The second-order valence-corrected chi connectivity index (χ2v) is 6.99. The molecule has 1 saturated carbocycles. The summed E-state index contributed by atoms with van der Waals surface area (Å²) in [6.07, 6.45) is 1.91. The van der Waals surface area contributed by atoms with Crippen molar-refractivity contribution < 1.29 is 14.0 Å². The van der Waals surface area contributed by atoms with E-state index < -0.39 is 0 Å². The first kappa shape index (κ1) is 17.6. The van der Waals surface area contributed by atoms with Crippen molar-refractivity contribution in [3.63, 3.8) is 0 Å². The molecular weight excluding hydrogens is 347 g/mol. The van der Waals surface area contributed by atoms with Gasteiger partial charge in [0.15, 0.2) is 0 Å². The van der Waals surface area contributed by atoms with Gasteiger partial charge >= 0.3 is 0 Å². The summed E-state index contributed by atoms with van der Waals surface area (Å²) in [7, 11) is 0. The number of nitrogens with one attached hydrogen (secondary N) is 4. The minimum Gasteiger partial charge on any atom is -0.326 e. The minimum atomic E-state index is -0.329. The molecule has 6 nitrogen and oxygen atoms in total. The quantitative estimate of drug-likeness (QED) is 0.654. The number of halogens is 1. The lowest BCUT2D eigenvalue weighted by Gasteiger charge is -2.18. The Morgan fingerprint density at radius 1 is 0.889 bits per heavy atom. The van der Waals surface area contributed by atoms with E-state index in [0.717, 1.165) is 24.1 Å². The van der Waals surface area contributed by atoms with Gasteiger partial charge in [0.1, 0.15) is 5.82 Å². The van der Waals surface area contributed by atoms with Crippen LogP contribution in [0.4, 0.5) is 15.8 Å². The first-order valence-electron chi connectivity index (χ1n) is 9.06. The van der Waals surface area contributed by atoms with E-state index in [1.54, 1.807) is 36.4 Å². The number of rotatable bonds is 5. The highest BCUT2D eigenvalue weighted by atomic mass is 19.1. The predicted molar refractivity (Wildman–Crippen MR) is 100 cm³/mol. The summed E-state index contributed by atoms with van der Waals surface area (Å²) in [5.41, 5.74) is 8.30. The monoisotopic (exact) mass is 368 g/mol. The highest BCUT2D eigenvalue weighted by molar-refractivity contribution is 5.95. The Morgan fingerprint density at radius 3 is 2.07 bits per heavy atom. The molecule has 2 aromatic rings. The van der Waals surface area contributed by atoms with Crippen molar-refractivity contribution >= 4 is 23.2 Å². The molecule has 7 heteroatoms. The van der Waals surface area contributed by atoms with Crippen molar-refractivity contribution in [1.29, 1.82) is 0 Å². The fourth-order valence-electron chi connectivity index (χ4n) is 3.19. The Morgan fingerprint density at radius 2 is 1.48 bits per heavy atom. The Labute approximate surface area is 156 Å². The van der Waals surface area contributed by atoms with Crippen molar-refractivity contribution in [1.82, 2.24) is 10.9 Å². The number of amides is 2. The van der Waals surface area contributed by atoms with Crippen LogP contribution < -0.4 is 21.5 Å². The van der Waals surface area contributed by atoms with Crippen molar-refractivity contribution in [2.24, 2.45) is 11.8 Å². The van der Waals surface area contributed by atoms with Crippen LogP contribution in [0.15, 0.2) is 48.5 Å². The van der Waals surface area contributed by atoms with Gasteiger partial charge in [0.25, 0.3) is 0 Å². The number of hydrogen-bond donors (Lipinski definition) is 4. The van der Waals surface area contributed by atoms with E-state index >= 15 is 0 Å². The van der Waals surface area contributed by atoms with Crippen molar-refractivity contribution in [3.05, 3.63) is 59.9 Å². The molecule has 1 heterocycles. The number of benzene rings is 2. The highest BCUT2D eigenvalue weighted by Crippen LogP contribution is 2.30. The van der Waals surface area contributed by atoms with Gasteiger partial charge in [-0.2, -0.15) is 0 Å². The SMILES string of the molecule is O=C(Nc1ccc(NC(=O)C2CNNC2c2ccc(F)cc2)cc1)C1CC1. The van der Waals surface area contributed by atoms with Crippen LogP contribution in [0.5, 0.6) is 0 Å². The number of anilines is 2. The maximum atomic E-state index is 13.1. The summed E-state index contributed by atoms with van der Waals surface area (Å²) in [4.78, 5) is 24.5. The normalized spacial score (nSPS) is 21.7. The topological polar surface area (TPSA) is 82.3 Å². The van der Waals surface area contributed by atoms with Gasteiger partial charge in [-0.3, -0.25) is 15.0 Å². The lowest BCUT2D eigenvalue weighted by molar-refractivity contribution is -0.120. The molecular formula is C20H21FN4O2. The lowest BCUT2D eigenvalue weighted by Crippen LogP contribution is -2.29. The summed E-state index contributed by atoms with van der Waals surface area (Å²) >= 11 is 0. The molecule has 27 heavy (non-hydrogen) atoms. The first-order chi connectivity index (χ1) is 13.1. The van der Waals surface area contributed by atoms with Gasteiger partial charge in [-0.05, 0) is 54.8 Å². The Hall–Kier alpha value is -2.77. The molecule has 1 aliphatic heterocycles. The van der Waals surface area contributed by atoms with E-state index in [-0.39, 0.29) is 35.5 Å². The van der Waals surface area contributed by atoms with E-state index in [4.69, 9.17) is 0 Å². The first-order valence-corrected chi connectivity index (χ1v) is 9.06. The molecule has 0 aromatic heterocycles. The van der Waals surface area contributed by atoms with Crippen LogP contribution in [0, 0.1) is 17.7 Å². The maximum Gasteiger partial charge on any atom is 0.230 e. The van der Waals surface area contributed by atoms with Crippen LogP contribution in [0.25, 0.3) is 0 Å². The molecule has 2 atom stereocenters. The molecule has 2 amide bonds. The Balaban J connectivity index is 1.38. The molecule has 4 N–H and O–H groups in total. The minimum absolute atomic E-state index is 0.0528. The summed E-state index contributed by atoms with van der Waals surface area (Å²) in [5.74, 6) is -0.562. The largest absolute Gasteiger partial charge is 0.326 e. The molecule has 2 fully saturated rings.